The topological polar surface area (TPSA) is 70.1 Å². The molecule has 2 N–H and O–H groups in total. The van der Waals surface area contributed by atoms with E-state index in [2.05, 4.69) is 20.3 Å². The summed E-state index contributed by atoms with van der Waals surface area (Å²) in [5.41, 5.74) is 0.632. The van der Waals surface area contributed by atoms with Gasteiger partial charge in [-0.2, -0.15) is 0 Å². The van der Waals surface area contributed by atoms with E-state index in [1.807, 2.05) is 32.0 Å². The molecule has 0 aliphatic heterocycles. The van der Waals surface area contributed by atoms with E-state index in [9.17, 15) is 4.79 Å². The summed E-state index contributed by atoms with van der Waals surface area (Å²) in [7, 11) is 0. The van der Waals surface area contributed by atoms with Gasteiger partial charge in [0.15, 0.2) is 5.17 Å². The summed E-state index contributed by atoms with van der Waals surface area (Å²) in [5, 5.41) is 4.70. The van der Waals surface area contributed by atoms with Gasteiger partial charge in [0, 0.05) is 13.1 Å². The number of H-pyrrole nitrogens is 1. The largest absolute Gasteiger partial charge is 0.365 e. The average Bonchev–Trinajstić information content (AvgIpc) is 2.45. The maximum Gasteiger partial charge on any atom is 0.258 e. The number of thioether (sulfide) groups is 1. The van der Waals surface area contributed by atoms with Gasteiger partial charge in [-0.25, -0.2) is 4.98 Å². The summed E-state index contributed by atoms with van der Waals surface area (Å²) in [6, 6.07) is 7.35. The smallest absolute Gasteiger partial charge is 0.258 e. The van der Waals surface area contributed by atoms with Crippen LogP contribution in [0.2, 0.25) is 0 Å². The van der Waals surface area contributed by atoms with Crippen molar-refractivity contribution in [1.82, 2.24) is 15.3 Å². The zero-order valence-corrected chi connectivity index (χ0v) is 12.5. The lowest BCUT2D eigenvalue weighted by Crippen LogP contribution is -2.20. The fourth-order valence-electron chi connectivity index (χ4n) is 1.79. The monoisotopic (exact) mass is 290 g/mol. The van der Waals surface area contributed by atoms with Crippen LogP contribution in [-0.4, -0.2) is 28.2 Å². The van der Waals surface area contributed by atoms with Crippen LogP contribution in [0.25, 0.3) is 10.9 Å². The van der Waals surface area contributed by atoms with E-state index < -0.39 is 0 Å². The van der Waals surface area contributed by atoms with Gasteiger partial charge in [-0.3, -0.25) is 9.79 Å². The average molecular weight is 290 g/mol. The zero-order chi connectivity index (χ0) is 14.4. The molecule has 0 bridgehead atoms. The van der Waals surface area contributed by atoms with Gasteiger partial charge >= 0.3 is 0 Å². The summed E-state index contributed by atoms with van der Waals surface area (Å²) in [4.78, 5) is 23.6. The SMILES string of the molecule is CCN=C(NCC)SCc1nc2ccccc2c(=O)[nH]1. The molecule has 0 radical (unpaired) electrons. The second-order valence-corrected chi connectivity index (χ2v) is 5.09. The number of rotatable bonds is 4. The molecule has 2 aromatic rings. The number of aromatic nitrogens is 2. The number of benzene rings is 1. The van der Waals surface area contributed by atoms with Crippen LogP contribution in [0, 0.1) is 0 Å². The molecule has 106 valence electrons. The molecule has 0 saturated heterocycles. The number of amidine groups is 1. The predicted molar refractivity (Wildman–Crippen MR) is 85.3 cm³/mol. The maximum absolute atomic E-state index is 11.9. The zero-order valence-electron chi connectivity index (χ0n) is 11.6. The van der Waals surface area contributed by atoms with Crippen molar-refractivity contribution in [3.8, 4) is 0 Å². The molecule has 2 rings (SSSR count). The molecule has 0 saturated carbocycles. The molecule has 0 atom stereocenters. The highest BCUT2D eigenvalue weighted by Gasteiger charge is 2.05. The van der Waals surface area contributed by atoms with E-state index in [1.165, 1.54) is 0 Å². The molecule has 6 heteroatoms. The lowest BCUT2D eigenvalue weighted by Gasteiger charge is -2.07. The second-order valence-electron chi connectivity index (χ2n) is 4.13. The van der Waals surface area contributed by atoms with Crippen LogP contribution >= 0.6 is 11.8 Å². The van der Waals surface area contributed by atoms with Gasteiger partial charge in [0.25, 0.3) is 5.56 Å². The lowest BCUT2D eigenvalue weighted by molar-refractivity contribution is 0.963. The van der Waals surface area contributed by atoms with E-state index in [-0.39, 0.29) is 5.56 Å². The van der Waals surface area contributed by atoms with Gasteiger partial charge < -0.3 is 10.3 Å². The Hall–Kier alpha value is -1.82. The number of para-hydroxylation sites is 1. The van der Waals surface area contributed by atoms with Crippen LogP contribution in [0.1, 0.15) is 19.7 Å². The predicted octanol–water partition coefficient (Wildman–Crippen LogP) is 2.14. The number of nitrogens with zero attached hydrogens (tertiary/aromatic N) is 2. The van der Waals surface area contributed by atoms with Gasteiger partial charge in [-0.05, 0) is 26.0 Å². The molecule has 0 spiro atoms. The molecular formula is C14H18N4OS. The van der Waals surface area contributed by atoms with E-state index >= 15 is 0 Å². The molecule has 0 unspecified atom stereocenters. The lowest BCUT2D eigenvalue weighted by atomic mass is 10.2. The number of fused-ring (bicyclic) bond motifs is 1. The molecule has 20 heavy (non-hydrogen) atoms. The fraction of sp³-hybridized carbons (Fsp3) is 0.357. The first-order valence-corrected chi connectivity index (χ1v) is 7.62. The summed E-state index contributed by atoms with van der Waals surface area (Å²) >= 11 is 1.55. The Labute approximate surface area is 121 Å². The van der Waals surface area contributed by atoms with Gasteiger partial charge in [-0.15, -0.1) is 0 Å². The molecule has 1 aromatic carbocycles. The molecule has 1 aromatic heterocycles. The standard InChI is InChI=1S/C14H18N4OS/c1-3-15-14(16-4-2)20-9-12-17-11-8-6-5-7-10(11)13(19)18-12/h5-8H,3-4,9H2,1-2H3,(H,15,16)(H,17,18,19). The van der Waals surface area contributed by atoms with Crippen molar-refractivity contribution in [1.29, 1.82) is 0 Å². The van der Waals surface area contributed by atoms with Crippen molar-refractivity contribution < 1.29 is 0 Å². The highest BCUT2D eigenvalue weighted by molar-refractivity contribution is 8.13. The molecule has 0 fully saturated rings. The number of nitrogens with one attached hydrogen (secondary N) is 2. The first-order valence-electron chi connectivity index (χ1n) is 6.63. The minimum atomic E-state index is -0.0939. The Morgan fingerprint density at radius 1 is 1.40 bits per heavy atom. The fourth-order valence-corrected chi connectivity index (χ4v) is 2.66. The third kappa shape index (κ3) is 3.60. The third-order valence-corrected chi connectivity index (χ3v) is 3.60. The summed E-state index contributed by atoms with van der Waals surface area (Å²) < 4.78 is 0. The van der Waals surface area contributed by atoms with Crippen LogP contribution in [-0.2, 0) is 5.75 Å². The molecule has 0 aliphatic rings. The van der Waals surface area contributed by atoms with Crippen LogP contribution in [0.5, 0.6) is 0 Å². The van der Waals surface area contributed by atoms with Crippen LogP contribution in [0.15, 0.2) is 34.1 Å². The Bertz CT molecular complexity index is 666. The van der Waals surface area contributed by atoms with Crippen molar-refractivity contribution in [2.75, 3.05) is 13.1 Å². The Kier molecular flexibility index (Phi) is 5.17. The van der Waals surface area contributed by atoms with Crippen molar-refractivity contribution in [2.24, 2.45) is 4.99 Å². The quantitative estimate of drug-likeness (QED) is 0.668. The molecule has 0 aliphatic carbocycles. The number of hydrogen-bond acceptors (Lipinski definition) is 4. The number of hydrogen-bond donors (Lipinski definition) is 2. The van der Waals surface area contributed by atoms with Crippen LogP contribution < -0.4 is 10.9 Å². The van der Waals surface area contributed by atoms with E-state index in [4.69, 9.17) is 0 Å². The van der Waals surface area contributed by atoms with Gasteiger partial charge in [0.1, 0.15) is 5.82 Å². The van der Waals surface area contributed by atoms with Crippen molar-refractivity contribution >= 4 is 27.8 Å². The first kappa shape index (κ1) is 14.6. The molecule has 5 nitrogen and oxygen atoms in total. The number of aliphatic imine (C=N–C) groups is 1. The van der Waals surface area contributed by atoms with Crippen molar-refractivity contribution in [3.63, 3.8) is 0 Å². The third-order valence-electron chi connectivity index (χ3n) is 2.64. The van der Waals surface area contributed by atoms with Gasteiger partial charge in [-0.1, -0.05) is 23.9 Å². The molecule has 0 amide bonds. The number of aromatic amines is 1. The van der Waals surface area contributed by atoms with Crippen molar-refractivity contribution in [2.45, 2.75) is 19.6 Å². The molecular weight excluding hydrogens is 272 g/mol. The summed E-state index contributed by atoms with van der Waals surface area (Å²) in [5.74, 6) is 1.26. The highest BCUT2D eigenvalue weighted by Crippen LogP contribution is 2.11. The van der Waals surface area contributed by atoms with E-state index in [1.54, 1.807) is 17.8 Å². The minimum Gasteiger partial charge on any atom is -0.365 e. The van der Waals surface area contributed by atoms with Gasteiger partial charge in [0.05, 0.1) is 16.7 Å². The summed E-state index contributed by atoms with van der Waals surface area (Å²) in [6.07, 6.45) is 0. The normalized spacial score (nSPS) is 11.8. The summed E-state index contributed by atoms with van der Waals surface area (Å²) in [6.45, 7) is 5.58. The highest BCUT2D eigenvalue weighted by atomic mass is 32.2. The Morgan fingerprint density at radius 2 is 2.20 bits per heavy atom. The minimum absolute atomic E-state index is 0.0939. The Balaban J connectivity index is 2.18. The van der Waals surface area contributed by atoms with E-state index in [0.717, 1.165) is 23.8 Å². The second kappa shape index (κ2) is 7.09. The van der Waals surface area contributed by atoms with Crippen LogP contribution in [0.4, 0.5) is 0 Å². The van der Waals surface area contributed by atoms with E-state index in [0.29, 0.717) is 17.0 Å². The maximum atomic E-state index is 11.9. The Morgan fingerprint density at radius 3 is 2.95 bits per heavy atom. The van der Waals surface area contributed by atoms with Gasteiger partial charge in [0.2, 0.25) is 0 Å². The van der Waals surface area contributed by atoms with Crippen molar-refractivity contribution in [3.05, 3.63) is 40.4 Å². The van der Waals surface area contributed by atoms with Crippen LogP contribution in [0.3, 0.4) is 0 Å². The molecule has 1 heterocycles. The first-order chi connectivity index (χ1) is 9.74.